The van der Waals surface area contributed by atoms with E-state index in [0.29, 0.717) is 12.8 Å². The van der Waals surface area contributed by atoms with Crippen LogP contribution in [0.2, 0.25) is 0 Å². The highest BCUT2D eigenvalue weighted by atomic mass is 32.2. The average Bonchev–Trinajstić information content (AvgIpc) is 2.53. The van der Waals surface area contributed by atoms with E-state index in [1.54, 1.807) is 45.0 Å². The van der Waals surface area contributed by atoms with E-state index in [0.717, 1.165) is 16.7 Å². The molecule has 7 heteroatoms. The van der Waals surface area contributed by atoms with Gasteiger partial charge in [0, 0.05) is 0 Å². The summed E-state index contributed by atoms with van der Waals surface area (Å²) in [6, 6.07) is 13.2. The highest BCUT2D eigenvalue weighted by Crippen LogP contribution is 2.23. The maximum absolute atomic E-state index is 12.3. The van der Waals surface area contributed by atoms with E-state index < -0.39 is 20.9 Å². The first-order chi connectivity index (χ1) is 12.4. The normalized spacial score (nSPS) is 12.8. The van der Waals surface area contributed by atoms with Gasteiger partial charge in [-0.25, -0.2) is 8.42 Å². The first-order valence-corrected chi connectivity index (χ1v) is 10.2. The number of rotatable bonds is 6. The minimum Gasteiger partial charge on any atom is -0.406 e. The molecule has 2 aromatic carbocycles. The van der Waals surface area contributed by atoms with Gasteiger partial charge < -0.3 is 4.74 Å². The van der Waals surface area contributed by atoms with Crippen LogP contribution in [-0.2, 0) is 28.4 Å². The number of aryl methyl sites for hydroxylation is 2. The number of sulfone groups is 1. The SMILES string of the molecule is CC(C)(C)S(=O)(=O)Cc1ccc(CCc2ccc(OC(F)(F)F)cc2)cc1. The van der Waals surface area contributed by atoms with Crippen molar-refractivity contribution >= 4 is 9.84 Å². The largest absolute Gasteiger partial charge is 0.573 e. The Morgan fingerprint density at radius 2 is 1.19 bits per heavy atom. The second-order valence-electron chi connectivity index (χ2n) is 7.38. The number of halogens is 3. The van der Waals surface area contributed by atoms with Crippen LogP contribution in [0.25, 0.3) is 0 Å². The van der Waals surface area contributed by atoms with Gasteiger partial charge in [0.2, 0.25) is 0 Å². The third kappa shape index (κ3) is 6.57. The smallest absolute Gasteiger partial charge is 0.406 e. The van der Waals surface area contributed by atoms with Gasteiger partial charge in [-0.3, -0.25) is 0 Å². The Morgan fingerprint density at radius 3 is 1.59 bits per heavy atom. The second kappa shape index (κ2) is 7.92. The predicted octanol–water partition coefficient (Wildman–Crippen LogP) is 5.08. The molecule has 0 saturated carbocycles. The lowest BCUT2D eigenvalue weighted by atomic mass is 10.0. The minimum atomic E-state index is -4.69. The lowest BCUT2D eigenvalue weighted by Crippen LogP contribution is -2.29. The van der Waals surface area contributed by atoms with E-state index >= 15 is 0 Å². The van der Waals surface area contributed by atoms with Crippen molar-refractivity contribution < 1.29 is 26.3 Å². The molecular weight excluding hydrogens is 377 g/mol. The van der Waals surface area contributed by atoms with Gasteiger partial charge in [-0.05, 0) is 62.4 Å². The Labute approximate surface area is 158 Å². The maximum Gasteiger partial charge on any atom is 0.573 e. The third-order valence-electron chi connectivity index (χ3n) is 4.17. The highest BCUT2D eigenvalue weighted by molar-refractivity contribution is 7.91. The van der Waals surface area contributed by atoms with Crippen LogP contribution in [0.1, 0.15) is 37.5 Å². The van der Waals surface area contributed by atoms with Crippen LogP contribution < -0.4 is 4.74 Å². The molecule has 0 radical (unpaired) electrons. The zero-order valence-electron chi connectivity index (χ0n) is 15.5. The molecule has 3 nitrogen and oxygen atoms in total. The van der Waals surface area contributed by atoms with Gasteiger partial charge in [0.1, 0.15) is 5.75 Å². The van der Waals surface area contributed by atoms with Crippen molar-refractivity contribution in [3.8, 4) is 5.75 Å². The van der Waals surface area contributed by atoms with Gasteiger partial charge in [-0.2, -0.15) is 0 Å². The van der Waals surface area contributed by atoms with Crippen molar-refractivity contribution in [3.05, 3.63) is 65.2 Å². The third-order valence-corrected chi connectivity index (χ3v) is 6.75. The topological polar surface area (TPSA) is 43.4 Å². The molecule has 0 fully saturated rings. The molecular formula is C20H23F3O3S. The molecule has 0 unspecified atom stereocenters. The minimum absolute atomic E-state index is 0.00253. The Hall–Kier alpha value is -2.02. The number of benzene rings is 2. The molecule has 0 aliphatic heterocycles. The van der Waals surface area contributed by atoms with Gasteiger partial charge in [-0.1, -0.05) is 36.4 Å². The van der Waals surface area contributed by atoms with Gasteiger partial charge in [-0.15, -0.1) is 13.2 Å². The van der Waals surface area contributed by atoms with Crippen molar-refractivity contribution in [3.63, 3.8) is 0 Å². The summed E-state index contributed by atoms with van der Waals surface area (Å²) in [5.74, 6) is -0.243. The summed E-state index contributed by atoms with van der Waals surface area (Å²) in [5, 5.41) is 0. The number of hydrogen-bond acceptors (Lipinski definition) is 3. The molecule has 0 aromatic heterocycles. The molecule has 2 aromatic rings. The molecule has 0 saturated heterocycles. The first-order valence-electron chi connectivity index (χ1n) is 8.50. The van der Waals surface area contributed by atoms with Gasteiger partial charge in [0.25, 0.3) is 0 Å². The van der Waals surface area contributed by atoms with Crippen molar-refractivity contribution in [2.75, 3.05) is 0 Å². The molecule has 148 valence electrons. The molecule has 0 spiro atoms. The van der Waals surface area contributed by atoms with Crippen LogP contribution in [0.3, 0.4) is 0 Å². The number of ether oxygens (including phenoxy) is 1. The van der Waals surface area contributed by atoms with Crippen molar-refractivity contribution in [1.82, 2.24) is 0 Å². The number of hydrogen-bond donors (Lipinski definition) is 0. The van der Waals surface area contributed by atoms with E-state index in [9.17, 15) is 21.6 Å². The lowest BCUT2D eigenvalue weighted by molar-refractivity contribution is -0.274. The van der Waals surface area contributed by atoms with Crippen molar-refractivity contribution in [2.45, 2.75) is 50.5 Å². The summed E-state index contributed by atoms with van der Waals surface area (Å²) in [4.78, 5) is 0. The number of alkyl halides is 3. The summed E-state index contributed by atoms with van der Waals surface area (Å²) >= 11 is 0. The van der Waals surface area contributed by atoms with Crippen LogP contribution in [-0.4, -0.2) is 19.5 Å². The summed E-state index contributed by atoms with van der Waals surface area (Å²) in [6.45, 7) is 5.05. The first kappa shape index (κ1) is 21.3. The maximum atomic E-state index is 12.3. The molecule has 0 heterocycles. The Morgan fingerprint density at radius 1 is 0.778 bits per heavy atom. The van der Waals surface area contributed by atoms with E-state index in [2.05, 4.69) is 4.74 Å². The fraction of sp³-hybridized carbons (Fsp3) is 0.400. The van der Waals surface area contributed by atoms with Crippen LogP contribution in [0, 0.1) is 0 Å². The molecule has 0 aliphatic carbocycles. The van der Waals surface area contributed by atoms with Gasteiger partial charge >= 0.3 is 6.36 Å². The average molecular weight is 400 g/mol. The fourth-order valence-corrected chi connectivity index (χ4v) is 3.45. The van der Waals surface area contributed by atoms with E-state index in [-0.39, 0.29) is 11.5 Å². The predicted molar refractivity (Wildman–Crippen MR) is 99.4 cm³/mol. The summed E-state index contributed by atoms with van der Waals surface area (Å²) < 4.78 is 64.0. The van der Waals surface area contributed by atoms with Gasteiger partial charge in [0.15, 0.2) is 9.84 Å². The van der Waals surface area contributed by atoms with E-state index in [4.69, 9.17) is 0 Å². The Kier molecular flexibility index (Phi) is 6.24. The molecule has 27 heavy (non-hydrogen) atoms. The molecule has 0 N–H and O–H groups in total. The molecule has 0 amide bonds. The standard InChI is InChI=1S/C20H23F3O3S/c1-19(2,3)27(24,25)14-17-8-6-15(7-9-17)4-5-16-10-12-18(13-11-16)26-20(21,22)23/h6-13H,4-5,14H2,1-3H3. The monoisotopic (exact) mass is 400 g/mol. The Balaban J connectivity index is 1.94. The van der Waals surface area contributed by atoms with Crippen LogP contribution >= 0.6 is 0 Å². The summed E-state index contributed by atoms with van der Waals surface area (Å²) in [7, 11) is -3.23. The van der Waals surface area contributed by atoms with E-state index in [1.165, 1.54) is 12.1 Å². The van der Waals surface area contributed by atoms with Crippen LogP contribution in [0.4, 0.5) is 13.2 Å². The van der Waals surface area contributed by atoms with Crippen LogP contribution in [0.5, 0.6) is 5.75 Å². The van der Waals surface area contributed by atoms with Crippen molar-refractivity contribution in [2.24, 2.45) is 0 Å². The quantitative estimate of drug-likeness (QED) is 0.679. The van der Waals surface area contributed by atoms with Crippen LogP contribution in [0.15, 0.2) is 48.5 Å². The molecule has 0 bridgehead atoms. The van der Waals surface area contributed by atoms with Gasteiger partial charge in [0.05, 0.1) is 10.5 Å². The fourth-order valence-electron chi connectivity index (χ4n) is 2.38. The molecule has 0 aliphatic rings. The molecule has 0 atom stereocenters. The molecule has 2 rings (SSSR count). The zero-order chi connectivity index (χ0) is 20.3. The van der Waals surface area contributed by atoms with Crippen molar-refractivity contribution in [1.29, 1.82) is 0 Å². The summed E-state index contributed by atoms with van der Waals surface area (Å²) in [5.41, 5.74) is 2.66. The summed E-state index contributed by atoms with van der Waals surface area (Å²) in [6.07, 6.45) is -3.33. The second-order valence-corrected chi connectivity index (χ2v) is 10.1. The van der Waals surface area contributed by atoms with E-state index in [1.807, 2.05) is 12.1 Å². The Bertz CT molecular complexity index is 847. The lowest BCUT2D eigenvalue weighted by Gasteiger charge is -2.19. The zero-order valence-corrected chi connectivity index (χ0v) is 16.3. The highest BCUT2D eigenvalue weighted by Gasteiger charge is 2.31.